The highest BCUT2D eigenvalue weighted by molar-refractivity contribution is 5.54. The Hall–Kier alpha value is -1.49. The number of anilines is 1. The van der Waals surface area contributed by atoms with E-state index in [1.54, 1.807) is 0 Å². The van der Waals surface area contributed by atoms with Crippen molar-refractivity contribution in [3.05, 3.63) is 29.3 Å². The van der Waals surface area contributed by atoms with Gasteiger partial charge in [0.15, 0.2) is 0 Å². The summed E-state index contributed by atoms with van der Waals surface area (Å²) in [5.74, 6) is 0.688. The predicted octanol–water partition coefficient (Wildman–Crippen LogP) is 3.49. The lowest BCUT2D eigenvalue weighted by atomic mass is 10.0. The summed E-state index contributed by atoms with van der Waals surface area (Å²) < 4.78 is 0. The SMILES string of the molecule is Cc1cc(N2CCCC2C(C)C)ccc1C#N. The van der Waals surface area contributed by atoms with Crippen molar-refractivity contribution in [1.82, 2.24) is 0 Å². The number of hydrogen-bond acceptors (Lipinski definition) is 2. The first-order valence-corrected chi connectivity index (χ1v) is 6.41. The molecule has 1 aromatic rings. The topological polar surface area (TPSA) is 27.0 Å². The molecular weight excluding hydrogens is 208 g/mol. The molecule has 0 aromatic heterocycles. The van der Waals surface area contributed by atoms with Gasteiger partial charge in [0.25, 0.3) is 0 Å². The molecule has 2 rings (SSSR count). The smallest absolute Gasteiger partial charge is 0.0994 e. The minimum Gasteiger partial charge on any atom is -0.368 e. The maximum atomic E-state index is 8.95. The average molecular weight is 228 g/mol. The van der Waals surface area contributed by atoms with Gasteiger partial charge >= 0.3 is 0 Å². The molecular formula is C15H20N2. The molecule has 1 aliphatic heterocycles. The van der Waals surface area contributed by atoms with Crippen LogP contribution in [0.1, 0.15) is 37.8 Å². The molecule has 17 heavy (non-hydrogen) atoms. The largest absolute Gasteiger partial charge is 0.368 e. The van der Waals surface area contributed by atoms with Crippen LogP contribution in [0.25, 0.3) is 0 Å². The molecule has 1 aliphatic rings. The summed E-state index contributed by atoms with van der Waals surface area (Å²) in [6.45, 7) is 7.75. The standard InChI is InChI=1S/C15H20N2/c1-11(2)15-5-4-8-17(15)14-7-6-13(10-16)12(3)9-14/h6-7,9,11,15H,4-5,8H2,1-3H3. The van der Waals surface area contributed by atoms with Gasteiger partial charge in [-0.05, 0) is 49.4 Å². The Labute approximate surface area is 104 Å². The zero-order chi connectivity index (χ0) is 12.4. The maximum absolute atomic E-state index is 8.95. The quantitative estimate of drug-likeness (QED) is 0.774. The normalized spacial score (nSPS) is 19.7. The summed E-state index contributed by atoms with van der Waals surface area (Å²) >= 11 is 0. The van der Waals surface area contributed by atoms with E-state index in [1.807, 2.05) is 13.0 Å². The van der Waals surface area contributed by atoms with Crippen LogP contribution in [0.4, 0.5) is 5.69 Å². The predicted molar refractivity (Wildman–Crippen MR) is 71.1 cm³/mol. The Balaban J connectivity index is 2.28. The lowest BCUT2D eigenvalue weighted by molar-refractivity contribution is 0.492. The first kappa shape index (κ1) is 12.0. The molecule has 2 heteroatoms. The zero-order valence-electron chi connectivity index (χ0n) is 10.9. The van der Waals surface area contributed by atoms with Crippen LogP contribution in [0.5, 0.6) is 0 Å². The Kier molecular flexibility index (Phi) is 3.38. The van der Waals surface area contributed by atoms with Gasteiger partial charge in [0.1, 0.15) is 0 Å². The van der Waals surface area contributed by atoms with Gasteiger partial charge in [0, 0.05) is 18.3 Å². The van der Waals surface area contributed by atoms with Gasteiger partial charge in [-0.2, -0.15) is 5.26 Å². The zero-order valence-corrected chi connectivity index (χ0v) is 10.9. The van der Waals surface area contributed by atoms with Crippen LogP contribution in [0, 0.1) is 24.2 Å². The highest BCUT2D eigenvalue weighted by Gasteiger charge is 2.27. The van der Waals surface area contributed by atoms with Crippen molar-refractivity contribution in [3.63, 3.8) is 0 Å². The average Bonchev–Trinajstić information content (AvgIpc) is 2.77. The number of benzene rings is 1. The molecule has 1 atom stereocenters. The monoisotopic (exact) mass is 228 g/mol. The van der Waals surface area contributed by atoms with Crippen molar-refractivity contribution < 1.29 is 0 Å². The van der Waals surface area contributed by atoms with Crippen molar-refractivity contribution in [2.24, 2.45) is 5.92 Å². The highest BCUT2D eigenvalue weighted by atomic mass is 15.2. The maximum Gasteiger partial charge on any atom is 0.0994 e. The van der Waals surface area contributed by atoms with E-state index >= 15 is 0 Å². The van der Waals surface area contributed by atoms with Crippen molar-refractivity contribution >= 4 is 5.69 Å². The molecule has 0 radical (unpaired) electrons. The number of nitriles is 1. The Morgan fingerprint density at radius 1 is 1.41 bits per heavy atom. The van der Waals surface area contributed by atoms with E-state index < -0.39 is 0 Å². The summed E-state index contributed by atoms with van der Waals surface area (Å²) in [4.78, 5) is 2.50. The molecule has 1 unspecified atom stereocenters. The van der Waals surface area contributed by atoms with E-state index in [2.05, 4.69) is 36.9 Å². The van der Waals surface area contributed by atoms with Crippen LogP contribution in [0.3, 0.4) is 0 Å². The highest BCUT2D eigenvalue weighted by Crippen LogP contribution is 2.30. The molecule has 2 nitrogen and oxygen atoms in total. The fourth-order valence-corrected chi connectivity index (χ4v) is 2.76. The van der Waals surface area contributed by atoms with Crippen molar-refractivity contribution in [3.8, 4) is 6.07 Å². The van der Waals surface area contributed by atoms with Crippen molar-refractivity contribution in [1.29, 1.82) is 5.26 Å². The third-order valence-corrected chi connectivity index (χ3v) is 3.73. The number of rotatable bonds is 2. The molecule has 0 amide bonds. The molecule has 0 N–H and O–H groups in total. The molecule has 90 valence electrons. The molecule has 1 saturated heterocycles. The lowest BCUT2D eigenvalue weighted by Gasteiger charge is -2.30. The first-order valence-electron chi connectivity index (χ1n) is 6.41. The minimum atomic E-state index is 0.655. The van der Waals surface area contributed by atoms with Crippen LogP contribution < -0.4 is 4.90 Å². The second kappa shape index (κ2) is 4.79. The molecule has 0 bridgehead atoms. The van der Waals surface area contributed by atoms with E-state index in [-0.39, 0.29) is 0 Å². The van der Waals surface area contributed by atoms with Gasteiger partial charge in [0.05, 0.1) is 11.6 Å². The second-order valence-corrected chi connectivity index (χ2v) is 5.26. The van der Waals surface area contributed by atoms with Crippen LogP contribution in [0.2, 0.25) is 0 Å². The summed E-state index contributed by atoms with van der Waals surface area (Å²) in [6.07, 6.45) is 2.57. The molecule has 1 aromatic carbocycles. The van der Waals surface area contributed by atoms with Gasteiger partial charge < -0.3 is 4.90 Å². The fraction of sp³-hybridized carbons (Fsp3) is 0.533. The third kappa shape index (κ3) is 2.29. The van der Waals surface area contributed by atoms with Crippen LogP contribution in [-0.4, -0.2) is 12.6 Å². The lowest BCUT2D eigenvalue weighted by Crippen LogP contribution is -2.33. The van der Waals surface area contributed by atoms with Gasteiger partial charge in [-0.25, -0.2) is 0 Å². The van der Waals surface area contributed by atoms with E-state index in [4.69, 9.17) is 5.26 Å². The fourth-order valence-electron chi connectivity index (χ4n) is 2.76. The third-order valence-electron chi connectivity index (χ3n) is 3.73. The van der Waals surface area contributed by atoms with E-state index in [0.717, 1.165) is 17.7 Å². The van der Waals surface area contributed by atoms with Crippen LogP contribution in [0.15, 0.2) is 18.2 Å². The molecule has 0 aliphatic carbocycles. The van der Waals surface area contributed by atoms with E-state index in [0.29, 0.717) is 12.0 Å². The first-order chi connectivity index (χ1) is 8.13. The number of hydrogen-bond donors (Lipinski definition) is 0. The molecule has 0 saturated carbocycles. The summed E-state index contributed by atoms with van der Waals surface area (Å²) in [5.41, 5.74) is 3.14. The Morgan fingerprint density at radius 2 is 2.18 bits per heavy atom. The van der Waals surface area contributed by atoms with Gasteiger partial charge in [-0.3, -0.25) is 0 Å². The number of aryl methyl sites for hydroxylation is 1. The van der Waals surface area contributed by atoms with Crippen molar-refractivity contribution in [2.75, 3.05) is 11.4 Å². The van der Waals surface area contributed by atoms with Crippen LogP contribution >= 0.6 is 0 Å². The molecule has 1 fully saturated rings. The number of nitrogens with zero attached hydrogens (tertiary/aromatic N) is 2. The van der Waals surface area contributed by atoms with Gasteiger partial charge in [0.2, 0.25) is 0 Å². The summed E-state index contributed by atoms with van der Waals surface area (Å²) in [7, 11) is 0. The van der Waals surface area contributed by atoms with Gasteiger partial charge in [-0.1, -0.05) is 13.8 Å². The van der Waals surface area contributed by atoms with E-state index in [9.17, 15) is 0 Å². The van der Waals surface area contributed by atoms with Crippen LogP contribution in [-0.2, 0) is 0 Å². The Morgan fingerprint density at radius 3 is 2.76 bits per heavy atom. The van der Waals surface area contributed by atoms with Gasteiger partial charge in [-0.15, -0.1) is 0 Å². The van der Waals surface area contributed by atoms with Crippen molar-refractivity contribution in [2.45, 2.75) is 39.7 Å². The van der Waals surface area contributed by atoms with E-state index in [1.165, 1.54) is 18.5 Å². The second-order valence-electron chi connectivity index (χ2n) is 5.26. The minimum absolute atomic E-state index is 0.655. The summed E-state index contributed by atoms with van der Waals surface area (Å²) in [5, 5.41) is 8.95. The Bertz CT molecular complexity index is 443. The summed E-state index contributed by atoms with van der Waals surface area (Å²) in [6, 6.07) is 9.07. The molecule has 0 spiro atoms. The molecule has 1 heterocycles.